The molecule has 0 spiro atoms. The van der Waals surface area contributed by atoms with E-state index in [1.807, 2.05) is 98.8 Å². The summed E-state index contributed by atoms with van der Waals surface area (Å²) in [6.45, 7) is 4.00. The molecule has 8 aromatic carbocycles. The number of hydrogen-bond donors (Lipinski definition) is 2. The molecule has 9 aromatic rings. The smallest absolute Gasteiger partial charge is 0.136 e. The van der Waals surface area contributed by atoms with Gasteiger partial charge in [-0.05, 0) is 80.7 Å². The van der Waals surface area contributed by atoms with E-state index >= 15 is 0 Å². The lowest BCUT2D eigenvalue weighted by Gasteiger charge is -2.11. The molecule has 250 valence electrons. The molecule has 9 rings (SSSR count). The summed E-state index contributed by atoms with van der Waals surface area (Å²) in [5.74, 6) is 0. The van der Waals surface area contributed by atoms with Gasteiger partial charge >= 0.3 is 0 Å². The van der Waals surface area contributed by atoms with Gasteiger partial charge in [-0.1, -0.05) is 172 Å². The van der Waals surface area contributed by atoms with Crippen molar-refractivity contribution in [2.75, 3.05) is 7.05 Å². The second kappa shape index (κ2) is 16.4. The van der Waals surface area contributed by atoms with Crippen molar-refractivity contribution in [1.82, 2.24) is 0 Å². The highest BCUT2D eigenvalue weighted by molar-refractivity contribution is 6.17. The Bertz CT molecular complexity index is 2490. The monoisotopic (exact) mass is 662 g/mol. The van der Waals surface area contributed by atoms with Crippen molar-refractivity contribution >= 4 is 49.2 Å². The van der Waals surface area contributed by atoms with E-state index in [9.17, 15) is 0 Å². The van der Waals surface area contributed by atoms with Gasteiger partial charge in [0.15, 0.2) is 0 Å². The van der Waals surface area contributed by atoms with Crippen LogP contribution in [0, 0.1) is 5.41 Å². The number of fused-ring (bicyclic) bond motifs is 6. The Morgan fingerprint density at radius 3 is 1.67 bits per heavy atom. The molecule has 0 aliphatic heterocycles. The predicted octanol–water partition coefficient (Wildman–Crippen LogP) is 12.9. The number of furan rings is 1. The van der Waals surface area contributed by atoms with Crippen LogP contribution in [0.3, 0.4) is 0 Å². The Hall–Kier alpha value is -6.29. The van der Waals surface area contributed by atoms with Crippen molar-refractivity contribution in [2.45, 2.75) is 13.8 Å². The Labute approximate surface area is 300 Å². The Morgan fingerprint density at radius 2 is 0.980 bits per heavy atom. The van der Waals surface area contributed by atoms with Crippen LogP contribution in [-0.2, 0) is 0 Å². The third-order valence-electron chi connectivity index (χ3n) is 8.79. The first kappa shape index (κ1) is 34.6. The molecule has 0 saturated heterocycles. The fourth-order valence-corrected chi connectivity index (χ4v) is 6.50. The summed E-state index contributed by atoms with van der Waals surface area (Å²) in [4.78, 5) is 0. The zero-order valence-corrected chi connectivity index (χ0v) is 29.3. The summed E-state index contributed by atoms with van der Waals surface area (Å²) in [6, 6.07) is 62.6. The van der Waals surface area contributed by atoms with Crippen molar-refractivity contribution in [3.8, 4) is 22.3 Å². The van der Waals surface area contributed by atoms with Crippen LogP contribution in [0.2, 0.25) is 0 Å². The van der Waals surface area contributed by atoms with E-state index in [4.69, 9.17) is 9.83 Å². The highest BCUT2D eigenvalue weighted by Crippen LogP contribution is 2.41. The van der Waals surface area contributed by atoms with Gasteiger partial charge in [-0.15, -0.1) is 0 Å². The Morgan fingerprint density at radius 1 is 0.431 bits per heavy atom. The highest BCUT2D eigenvalue weighted by Gasteiger charge is 2.15. The van der Waals surface area contributed by atoms with Crippen LogP contribution in [0.1, 0.15) is 25.0 Å². The molecule has 51 heavy (non-hydrogen) atoms. The topological polar surface area (TPSA) is 63.0 Å². The molecule has 0 bridgehead atoms. The summed E-state index contributed by atoms with van der Waals surface area (Å²) in [5, 5.41) is 15.9. The summed E-state index contributed by atoms with van der Waals surface area (Å²) >= 11 is 0. The van der Waals surface area contributed by atoms with Gasteiger partial charge in [0.25, 0.3) is 0 Å². The van der Waals surface area contributed by atoms with E-state index in [0.717, 1.165) is 44.2 Å². The maximum Gasteiger partial charge on any atom is 0.136 e. The molecule has 1 aromatic heterocycles. The third kappa shape index (κ3) is 7.21. The minimum absolute atomic E-state index is 0.524. The number of hydrogen-bond acceptors (Lipinski definition) is 3. The minimum Gasteiger partial charge on any atom is -0.456 e. The van der Waals surface area contributed by atoms with Crippen molar-refractivity contribution in [3.63, 3.8) is 0 Å². The third-order valence-corrected chi connectivity index (χ3v) is 8.79. The molecule has 1 heterocycles. The van der Waals surface area contributed by atoms with Gasteiger partial charge in [0.1, 0.15) is 11.2 Å². The largest absolute Gasteiger partial charge is 0.456 e. The summed E-state index contributed by atoms with van der Waals surface area (Å²) < 4.78 is 6.35. The molecule has 0 atom stereocenters. The van der Waals surface area contributed by atoms with Gasteiger partial charge in [0.05, 0.1) is 5.71 Å². The lowest BCUT2D eigenvalue weighted by molar-refractivity contribution is 0.669. The first-order valence-electron chi connectivity index (χ1n) is 17.4. The summed E-state index contributed by atoms with van der Waals surface area (Å²) in [5.41, 5.74) is 13.2. The van der Waals surface area contributed by atoms with Gasteiger partial charge in [-0.2, -0.15) is 0 Å². The van der Waals surface area contributed by atoms with Crippen molar-refractivity contribution in [3.05, 3.63) is 193 Å². The molecule has 0 aliphatic rings. The van der Waals surface area contributed by atoms with Crippen LogP contribution >= 0.6 is 0 Å². The second-order valence-corrected chi connectivity index (χ2v) is 11.7. The van der Waals surface area contributed by atoms with E-state index in [1.54, 1.807) is 0 Å². The van der Waals surface area contributed by atoms with Gasteiger partial charge in [0.2, 0.25) is 0 Å². The lowest BCUT2D eigenvalue weighted by Crippen LogP contribution is -2.00. The fraction of sp³-hybridized carbons (Fsp3) is 0.0625. The SMILES string of the molecule is CC.CN.N=C(c1ccccc1)c1ccc(-c2cccc3oc4ccc(-c5cc6ccccc6c6ccccc56)cc4c23)cc1.c1ccccc1. The molecular weight excluding hydrogens is 621 g/mol. The van der Waals surface area contributed by atoms with Gasteiger partial charge in [0, 0.05) is 16.3 Å². The molecule has 0 unspecified atom stereocenters. The van der Waals surface area contributed by atoms with E-state index in [-0.39, 0.29) is 0 Å². The minimum atomic E-state index is 0.524. The number of rotatable bonds is 4. The first-order valence-corrected chi connectivity index (χ1v) is 17.4. The molecule has 0 amide bonds. The van der Waals surface area contributed by atoms with Gasteiger partial charge in [-0.25, -0.2) is 0 Å². The molecule has 3 nitrogen and oxygen atoms in total. The van der Waals surface area contributed by atoms with E-state index in [2.05, 4.69) is 103 Å². The maximum atomic E-state index is 8.66. The molecular formula is C48H42N2O. The zero-order valence-electron chi connectivity index (χ0n) is 29.3. The fourth-order valence-electron chi connectivity index (χ4n) is 6.50. The Kier molecular flexibility index (Phi) is 11.1. The average Bonchev–Trinajstić information content (AvgIpc) is 3.61. The molecule has 0 radical (unpaired) electrons. The number of nitrogens with two attached hydrogens (primary N) is 1. The zero-order chi connectivity index (χ0) is 35.6. The van der Waals surface area contributed by atoms with Crippen LogP contribution in [0.5, 0.6) is 0 Å². The van der Waals surface area contributed by atoms with Gasteiger partial charge in [-0.3, -0.25) is 5.41 Å². The van der Waals surface area contributed by atoms with E-state index < -0.39 is 0 Å². The summed E-state index contributed by atoms with van der Waals surface area (Å²) in [6.07, 6.45) is 0. The quantitative estimate of drug-likeness (QED) is 0.145. The molecule has 3 heteroatoms. The predicted molar refractivity (Wildman–Crippen MR) is 220 cm³/mol. The van der Waals surface area contributed by atoms with Crippen molar-refractivity contribution in [1.29, 1.82) is 5.41 Å². The van der Waals surface area contributed by atoms with Crippen molar-refractivity contribution in [2.24, 2.45) is 5.73 Å². The average molecular weight is 663 g/mol. The number of benzene rings is 8. The first-order chi connectivity index (χ1) is 25.2. The van der Waals surface area contributed by atoms with Crippen LogP contribution in [0.15, 0.2) is 186 Å². The van der Waals surface area contributed by atoms with E-state index in [1.165, 1.54) is 39.7 Å². The molecule has 0 fully saturated rings. The van der Waals surface area contributed by atoms with Crippen LogP contribution in [-0.4, -0.2) is 12.8 Å². The van der Waals surface area contributed by atoms with Crippen LogP contribution in [0.25, 0.3) is 65.7 Å². The lowest BCUT2D eigenvalue weighted by atomic mass is 9.92. The summed E-state index contributed by atoms with van der Waals surface area (Å²) in [7, 11) is 1.50. The molecule has 3 N–H and O–H groups in total. The second-order valence-electron chi connectivity index (χ2n) is 11.7. The maximum absolute atomic E-state index is 8.66. The molecule has 0 aliphatic carbocycles. The Balaban J connectivity index is 0.000000398. The standard InChI is InChI=1S/C39H25NO.C6H6.C2H6.CH5N/c40-39(26-9-2-1-3-10-26)27-19-17-25(18-20-27)31-15-8-16-37-38(31)35-24-29(21-22-36(35)41-37)34-23-28-11-4-5-12-30(28)32-13-6-7-14-33(32)34;1-2-4-6-5-3-1;2*1-2/h1-24,40H;1-6H;1-2H3;2H2,1H3. The van der Waals surface area contributed by atoms with Gasteiger partial charge < -0.3 is 10.2 Å². The number of nitrogens with one attached hydrogen (secondary N) is 1. The normalized spacial score (nSPS) is 10.4. The highest BCUT2D eigenvalue weighted by atomic mass is 16.3. The van der Waals surface area contributed by atoms with E-state index in [0.29, 0.717) is 5.71 Å². The van der Waals surface area contributed by atoms with Crippen molar-refractivity contribution < 1.29 is 4.42 Å². The van der Waals surface area contributed by atoms with Crippen LogP contribution < -0.4 is 5.73 Å². The molecule has 0 saturated carbocycles. The van der Waals surface area contributed by atoms with Crippen LogP contribution in [0.4, 0.5) is 0 Å².